The van der Waals surface area contributed by atoms with Gasteiger partial charge in [-0.1, -0.05) is 0 Å². The Morgan fingerprint density at radius 1 is 1.08 bits per heavy atom. The molecule has 0 aliphatic rings. The summed E-state index contributed by atoms with van der Waals surface area (Å²) in [6.07, 6.45) is 0. The molecule has 0 aliphatic heterocycles. The Kier molecular flexibility index (Phi) is 4.38. The first-order valence-corrected chi connectivity index (χ1v) is 7.78. The summed E-state index contributed by atoms with van der Waals surface area (Å²) in [5.41, 5.74) is 13.3. The molecule has 6 nitrogen and oxygen atoms in total. The lowest BCUT2D eigenvalue weighted by Gasteiger charge is -2.14. The predicted molar refractivity (Wildman–Crippen MR) is 97.9 cm³/mol. The third-order valence-electron chi connectivity index (χ3n) is 4.18. The normalized spacial score (nSPS) is 10.8. The van der Waals surface area contributed by atoms with E-state index in [0.29, 0.717) is 33.5 Å². The summed E-state index contributed by atoms with van der Waals surface area (Å²) in [7, 11) is 3.03. The number of aryl methyl sites for hydroxylation is 1. The number of fused-ring (bicyclic) bond motifs is 1. The highest BCUT2D eigenvalue weighted by molar-refractivity contribution is 6.03. The van der Waals surface area contributed by atoms with Crippen LogP contribution in [0.15, 0.2) is 30.3 Å². The Balaban J connectivity index is 2.35. The molecule has 0 saturated heterocycles. The number of nitrogens with zero attached hydrogens (tertiary/aromatic N) is 1. The van der Waals surface area contributed by atoms with E-state index in [-0.39, 0.29) is 16.9 Å². The van der Waals surface area contributed by atoms with Crippen molar-refractivity contribution in [2.24, 2.45) is 5.73 Å². The van der Waals surface area contributed by atoms with Crippen molar-refractivity contribution in [3.05, 3.63) is 47.3 Å². The van der Waals surface area contributed by atoms with Crippen molar-refractivity contribution < 1.29 is 18.7 Å². The number of carbonyl (C=O) groups excluding carboxylic acids is 1. The second-order valence-corrected chi connectivity index (χ2v) is 5.84. The zero-order valence-electron chi connectivity index (χ0n) is 14.6. The largest absolute Gasteiger partial charge is 0.493 e. The molecule has 1 amide bonds. The van der Waals surface area contributed by atoms with E-state index in [1.807, 2.05) is 0 Å². The van der Waals surface area contributed by atoms with Crippen molar-refractivity contribution in [1.29, 1.82) is 0 Å². The van der Waals surface area contributed by atoms with Gasteiger partial charge in [-0.05, 0) is 36.8 Å². The van der Waals surface area contributed by atoms with E-state index < -0.39 is 11.7 Å². The molecule has 1 heterocycles. The van der Waals surface area contributed by atoms with Gasteiger partial charge in [-0.25, -0.2) is 9.37 Å². The van der Waals surface area contributed by atoms with E-state index in [0.717, 1.165) is 0 Å². The summed E-state index contributed by atoms with van der Waals surface area (Å²) < 4.78 is 24.6. The Hall–Kier alpha value is -3.35. The quantitative estimate of drug-likeness (QED) is 0.701. The highest BCUT2D eigenvalue weighted by atomic mass is 19.1. The van der Waals surface area contributed by atoms with Gasteiger partial charge in [-0.2, -0.15) is 0 Å². The number of hydrogen-bond donors (Lipinski definition) is 2. The number of aromatic nitrogens is 1. The van der Waals surface area contributed by atoms with Crippen molar-refractivity contribution in [1.82, 2.24) is 4.98 Å². The molecule has 3 aromatic rings. The molecule has 0 aliphatic carbocycles. The number of hydrogen-bond acceptors (Lipinski definition) is 5. The standard InChI is InChI=1S/C19H18FN3O3/c1-9-4-14(21)13(20)7-11(9)18-12(19(22)24)5-10-6-16(25-2)17(26-3)8-15(10)23-18/h4-8H,21H2,1-3H3,(H2,22,24). The van der Waals surface area contributed by atoms with Crippen LogP contribution in [0.4, 0.5) is 10.1 Å². The van der Waals surface area contributed by atoms with Crippen LogP contribution in [0.25, 0.3) is 22.2 Å². The fourth-order valence-electron chi connectivity index (χ4n) is 2.85. The lowest BCUT2D eigenvalue weighted by molar-refractivity contribution is 0.100. The van der Waals surface area contributed by atoms with Gasteiger partial charge in [0.15, 0.2) is 11.5 Å². The molecule has 0 bridgehead atoms. The maximum atomic E-state index is 14.0. The number of anilines is 1. The topological polar surface area (TPSA) is 100 Å². The Bertz CT molecular complexity index is 1030. The zero-order chi connectivity index (χ0) is 19.0. The summed E-state index contributed by atoms with van der Waals surface area (Å²) in [4.78, 5) is 16.5. The van der Waals surface area contributed by atoms with Crippen LogP contribution in [0.2, 0.25) is 0 Å². The summed E-state index contributed by atoms with van der Waals surface area (Å²) in [5.74, 6) is -0.263. The van der Waals surface area contributed by atoms with Crippen LogP contribution < -0.4 is 20.9 Å². The summed E-state index contributed by atoms with van der Waals surface area (Å²) in [6, 6.07) is 7.75. The predicted octanol–water partition coefficient (Wildman–Crippen LogP) is 3.05. The van der Waals surface area contributed by atoms with Crippen LogP contribution in [0.5, 0.6) is 11.5 Å². The Morgan fingerprint density at radius 3 is 2.35 bits per heavy atom. The maximum absolute atomic E-state index is 14.0. The number of benzene rings is 2. The van der Waals surface area contributed by atoms with Crippen molar-refractivity contribution in [2.45, 2.75) is 6.92 Å². The van der Waals surface area contributed by atoms with E-state index in [1.54, 1.807) is 25.1 Å². The molecule has 26 heavy (non-hydrogen) atoms. The number of rotatable bonds is 4. The zero-order valence-corrected chi connectivity index (χ0v) is 14.6. The van der Waals surface area contributed by atoms with Crippen LogP contribution in [0.3, 0.4) is 0 Å². The summed E-state index contributed by atoms with van der Waals surface area (Å²) >= 11 is 0. The SMILES string of the molecule is COc1cc2cc(C(N)=O)c(-c3cc(F)c(N)cc3C)nc2cc1OC. The molecule has 0 fully saturated rings. The van der Waals surface area contributed by atoms with Crippen LogP contribution >= 0.6 is 0 Å². The molecule has 0 atom stereocenters. The average molecular weight is 355 g/mol. The smallest absolute Gasteiger partial charge is 0.250 e. The van der Waals surface area contributed by atoms with Gasteiger partial charge < -0.3 is 20.9 Å². The maximum Gasteiger partial charge on any atom is 0.250 e. The van der Waals surface area contributed by atoms with Gasteiger partial charge in [-0.3, -0.25) is 4.79 Å². The Labute approximate surface area is 149 Å². The van der Waals surface area contributed by atoms with Crippen molar-refractivity contribution in [3.63, 3.8) is 0 Å². The number of primary amides is 1. The first-order chi connectivity index (χ1) is 12.3. The molecule has 0 spiro atoms. The fraction of sp³-hybridized carbons (Fsp3) is 0.158. The molecule has 0 unspecified atom stereocenters. The van der Waals surface area contributed by atoms with Gasteiger partial charge in [-0.15, -0.1) is 0 Å². The van der Waals surface area contributed by atoms with Gasteiger partial charge in [0.1, 0.15) is 5.82 Å². The molecule has 4 N–H and O–H groups in total. The van der Waals surface area contributed by atoms with Gasteiger partial charge in [0.05, 0.1) is 36.7 Å². The van der Waals surface area contributed by atoms with Crippen molar-refractivity contribution >= 4 is 22.5 Å². The van der Waals surface area contributed by atoms with E-state index >= 15 is 0 Å². The molecular formula is C19H18FN3O3. The molecule has 134 valence electrons. The molecule has 0 radical (unpaired) electrons. The van der Waals surface area contributed by atoms with E-state index in [2.05, 4.69) is 4.98 Å². The number of halogens is 1. The number of nitrogen functional groups attached to an aromatic ring is 1. The first-order valence-electron chi connectivity index (χ1n) is 7.78. The minimum Gasteiger partial charge on any atom is -0.493 e. The highest BCUT2D eigenvalue weighted by Gasteiger charge is 2.18. The van der Waals surface area contributed by atoms with Crippen LogP contribution in [0.1, 0.15) is 15.9 Å². The lowest BCUT2D eigenvalue weighted by atomic mass is 9.98. The Morgan fingerprint density at radius 2 is 1.73 bits per heavy atom. The third-order valence-corrected chi connectivity index (χ3v) is 4.18. The number of pyridine rings is 1. The van der Waals surface area contributed by atoms with Gasteiger partial charge >= 0.3 is 0 Å². The minimum atomic E-state index is -0.666. The van der Waals surface area contributed by atoms with Crippen LogP contribution in [-0.4, -0.2) is 25.1 Å². The molecule has 2 aromatic carbocycles. The molecule has 1 aromatic heterocycles. The monoisotopic (exact) mass is 355 g/mol. The van der Waals surface area contributed by atoms with E-state index in [9.17, 15) is 9.18 Å². The van der Waals surface area contributed by atoms with Crippen LogP contribution in [-0.2, 0) is 0 Å². The first kappa shape index (κ1) is 17.5. The van der Waals surface area contributed by atoms with E-state index in [1.165, 1.54) is 26.4 Å². The van der Waals surface area contributed by atoms with Gasteiger partial charge in [0.25, 0.3) is 5.91 Å². The summed E-state index contributed by atoms with van der Waals surface area (Å²) in [6.45, 7) is 1.76. The summed E-state index contributed by atoms with van der Waals surface area (Å²) in [5, 5.41) is 0.647. The van der Waals surface area contributed by atoms with Crippen molar-refractivity contribution in [3.8, 4) is 22.8 Å². The van der Waals surface area contributed by atoms with Crippen molar-refractivity contribution in [2.75, 3.05) is 20.0 Å². The lowest BCUT2D eigenvalue weighted by Crippen LogP contribution is -2.14. The molecule has 3 rings (SSSR count). The highest BCUT2D eigenvalue weighted by Crippen LogP contribution is 2.35. The fourth-order valence-corrected chi connectivity index (χ4v) is 2.85. The number of amides is 1. The molecule has 0 saturated carbocycles. The number of ether oxygens (including phenoxy) is 2. The molecule has 7 heteroatoms. The number of carbonyl (C=O) groups is 1. The second-order valence-electron chi connectivity index (χ2n) is 5.84. The second kappa shape index (κ2) is 6.51. The molecular weight excluding hydrogens is 337 g/mol. The van der Waals surface area contributed by atoms with Crippen LogP contribution in [0, 0.1) is 12.7 Å². The third kappa shape index (κ3) is 2.88. The minimum absolute atomic E-state index is 0.0269. The number of methoxy groups -OCH3 is 2. The average Bonchev–Trinajstić information content (AvgIpc) is 2.62. The number of nitrogens with two attached hydrogens (primary N) is 2. The van der Waals surface area contributed by atoms with E-state index in [4.69, 9.17) is 20.9 Å². The van der Waals surface area contributed by atoms with Gasteiger partial charge in [0, 0.05) is 17.0 Å². The van der Waals surface area contributed by atoms with Gasteiger partial charge in [0.2, 0.25) is 0 Å².